The van der Waals surface area contributed by atoms with Crippen LogP contribution in [-0.4, -0.2) is 18.8 Å². The Morgan fingerprint density at radius 1 is 1.20 bits per heavy atom. The summed E-state index contributed by atoms with van der Waals surface area (Å²) < 4.78 is 24.1. The number of methoxy groups -OCH3 is 1. The number of nitrogens with two attached hydrogens (primary N) is 1. The molecule has 0 spiro atoms. The minimum absolute atomic E-state index is 0.0426. The van der Waals surface area contributed by atoms with Crippen LogP contribution < -0.4 is 10.5 Å². The van der Waals surface area contributed by atoms with Gasteiger partial charge in [-0.15, -0.1) is 0 Å². The second kappa shape index (κ2) is 6.76. The molecule has 0 bridgehead atoms. The number of hydrogen-bond donors (Lipinski definition) is 1. The normalized spacial score (nSPS) is 10.8. The lowest BCUT2D eigenvalue weighted by molar-refractivity contribution is 0.0963. The lowest BCUT2D eigenvalue weighted by atomic mass is 10.00. The molecule has 0 saturated heterocycles. The average molecular weight is 341 g/mol. The Kier molecular flexibility index (Phi) is 4.52. The molecule has 0 unspecified atom stereocenters. The van der Waals surface area contributed by atoms with Crippen LogP contribution in [0, 0.1) is 5.82 Å². The molecule has 1 aromatic heterocycles. The van der Waals surface area contributed by atoms with Gasteiger partial charge in [0.15, 0.2) is 11.5 Å². The Morgan fingerprint density at radius 2 is 2.00 bits per heavy atom. The van der Waals surface area contributed by atoms with Gasteiger partial charge >= 0.3 is 0 Å². The summed E-state index contributed by atoms with van der Waals surface area (Å²) in [5.41, 5.74) is 6.65. The van der Waals surface area contributed by atoms with E-state index >= 15 is 0 Å². The first-order chi connectivity index (χ1) is 12.0. The van der Waals surface area contributed by atoms with Crippen molar-refractivity contribution in [1.82, 2.24) is 0 Å². The van der Waals surface area contributed by atoms with Crippen molar-refractivity contribution in [1.29, 1.82) is 0 Å². The molecule has 5 nitrogen and oxygen atoms in total. The molecule has 2 aromatic carbocycles. The summed E-state index contributed by atoms with van der Waals surface area (Å²) in [5.74, 6) is -0.788. The van der Waals surface area contributed by atoms with Crippen LogP contribution in [0.1, 0.15) is 32.9 Å². The second-order valence-corrected chi connectivity index (χ2v) is 5.57. The Labute approximate surface area is 143 Å². The number of primary amides is 1. The molecule has 0 fully saturated rings. The first-order valence-electron chi connectivity index (χ1n) is 7.67. The molecule has 1 heterocycles. The van der Waals surface area contributed by atoms with Crippen molar-refractivity contribution in [2.75, 3.05) is 7.11 Å². The zero-order valence-corrected chi connectivity index (χ0v) is 13.5. The van der Waals surface area contributed by atoms with Gasteiger partial charge in [-0.3, -0.25) is 9.59 Å². The van der Waals surface area contributed by atoms with E-state index in [-0.39, 0.29) is 24.4 Å². The number of ketones is 1. The summed E-state index contributed by atoms with van der Waals surface area (Å²) >= 11 is 0. The number of rotatable bonds is 6. The van der Waals surface area contributed by atoms with Crippen LogP contribution >= 0.6 is 0 Å². The first kappa shape index (κ1) is 16.7. The fraction of sp³-hybridized carbons (Fsp3) is 0.158. The number of hydrogen-bond acceptors (Lipinski definition) is 4. The molecular formula is C19H16FNO4. The second-order valence-electron chi connectivity index (χ2n) is 5.57. The van der Waals surface area contributed by atoms with Gasteiger partial charge in [-0.1, -0.05) is 12.1 Å². The summed E-state index contributed by atoms with van der Waals surface area (Å²) in [5, 5.41) is 0.451. The van der Waals surface area contributed by atoms with Crippen LogP contribution in [0.15, 0.2) is 46.9 Å². The molecule has 0 aliphatic carbocycles. The van der Waals surface area contributed by atoms with E-state index in [1.54, 1.807) is 24.3 Å². The van der Waals surface area contributed by atoms with E-state index in [0.717, 1.165) is 0 Å². The third-order valence-corrected chi connectivity index (χ3v) is 3.97. The van der Waals surface area contributed by atoms with Crippen molar-refractivity contribution >= 4 is 22.7 Å². The van der Waals surface area contributed by atoms with Crippen LogP contribution in [-0.2, 0) is 6.42 Å². The maximum atomic E-state index is 13.5. The lowest BCUT2D eigenvalue weighted by Crippen LogP contribution is -2.12. The fourth-order valence-electron chi connectivity index (χ4n) is 2.75. The minimum atomic E-state index is -0.750. The highest BCUT2D eigenvalue weighted by Gasteiger charge is 2.20. The van der Waals surface area contributed by atoms with Crippen molar-refractivity contribution in [3.63, 3.8) is 0 Å². The number of Topliss-reactive ketones (excluding diaryl/α,β-unsaturated/α-hetero) is 1. The van der Waals surface area contributed by atoms with E-state index in [9.17, 15) is 14.0 Å². The van der Waals surface area contributed by atoms with Gasteiger partial charge in [0.05, 0.1) is 7.11 Å². The van der Waals surface area contributed by atoms with Gasteiger partial charge in [0, 0.05) is 22.9 Å². The summed E-state index contributed by atoms with van der Waals surface area (Å²) in [6.07, 6.45) is 0.337. The monoisotopic (exact) mass is 341 g/mol. The van der Waals surface area contributed by atoms with Gasteiger partial charge in [-0.05, 0) is 36.8 Å². The number of fused-ring (bicyclic) bond motifs is 1. The number of aryl methyl sites for hydroxylation is 1. The Balaban J connectivity index is 1.89. The number of ether oxygens (including phenoxy) is 1. The Morgan fingerprint density at radius 3 is 2.72 bits per heavy atom. The van der Waals surface area contributed by atoms with Crippen LogP contribution in [0.25, 0.3) is 11.0 Å². The molecule has 0 aliphatic heterocycles. The van der Waals surface area contributed by atoms with Crippen LogP contribution in [0.2, 0.25) is 0 Å². The van der Waals surface area contributed by atoms with E-state index in [4.69, 9.17) is 14.9 Å². The molecule has 3 rings (SSSR count). The van der Waals surface area contributed by atoms with E-state index in [0.29, 0.717) is 27.8 Å². The Bertz CT molecular complexity index is 961. The SMILES string of the molecule is COc1cccc(C(=O)CCc2c(C(N)=O)oc3ccc(F)cc23)c1. The highest BCUT2D eigenvalue weighted by molar-refractivity contribution is 6.00. The molecule has 0 radical (unpaired) electrons. The fourth-order valence-corrected chi connectivity index (χ4v) is 2.75. The van der Waals surface area contributed by atoms with E-state index in [1.807, 2.05) is 0 Å². The third-order valence-electron chi connectivity index (χ3n) is 3.97. The summed E-state index contributed by atoms with van der Waals surface area (Å²) in [6.45, 7) is 0. The molecule has 128 valence electrons. The predicted octanol–water partition coefficient (Wildman–Crippen LogP) is 3.49. The third kappa shape index (κ3) is 3.38. The van der Waals surface area contributed by atoms with E-state index in [1.165, 1.54) is 25.3 Å². The van der Waals surface area contributed by atoms with Crippen molar-refractivity contribution < 1.29 is 23.1 Å². The zero-order valence-electron chi connectivity index (χ0n) is 13.5. The quantitative estimate of drug-likeness (QED) is 0.696. The van der Waals surface area contributed by atoms with Gasteiger partial charge in [-0.25, -0.2) is 4.39 Å². The molecule has 2 N–H and O–H groups in total. The summed E-state index contributed by atoms with van der Waals surface area (Å²) in [6, 6.07) is 10.7. The molecule has 0 atom stereocenters. The van der Waals surface area contributed by atoms with Crippen LogP contribution in [0.3, 0.4) is 0 Å². The first-order valence-corrected chi connectivity index (χ1v) is 7.67. The summed E-state index contributed by atoms with van der Waals surface area (Å²) in [4.78, 5) is 24.0. The average Bonchev–Trinajstić information content (AvgIpc) is 2.97. The van der Waals surface area contributed by atoms with Gasteiger partial charge in [-0.2, -0.15) is 0 Å². The van der Waals surface area contributed by atoms with E-state index in [2.05, 4.69) is 0 Å². The maximum absolute atomic E-state index is 13.5. The number of carbonyl (C=O) groups excluding carboxylic acids is 2. The van der Waals surface area contributed by atoms with Crippen molar-refractivity contribution in [2.24, 2.45) is 5.73 Å². The topological polar surface area (TPSA) is 82.5 Å². The van der Waals surface area contributed by atoms with Crippen LogP contribution in [0.5, 0.6) is 5.75 Å². The minimum Gasteiger partial charge on any atom is -0.497 e. The van der Waals surface area contributed by atoms with Crippen molar-refractivity contribution in [2.45, 2.75) is 12.8 Å². The Hall–Kier alpha value is -3.15. The van der Waals surface area contributed by atoms with Gasteiger partial charge < -0.3 is 14.9 Å². The molecule has 3 aromatic rings. The molecule has 25 heavy (non-hydrogen) atoms. The largest absolute Gasteiger partial charge is 0.497 e. The highest BCUT2D eigenvalue weighted by atomic mass is 19.1. The van der Waals surface area contributed by atoms with Crippen molar-refractivity contribution in [3.05, 3.63) is 65.2 Å². The smallest absolute Gasteiger partial charge is 0.284 e. The molecule has 0 saturated carbocycles. The number of amides is 1. The van der Waals surface area contributed by atoms with Gasteiger partial charge in [0.25, 0.3) is 5.91 Å². The number of benzene rings is 2. The zero-order chi connectivity index (χ0) is 18.0. The lowest BCUT2D eigenvalue weighted by Gasteiger charge is -2.04. The predicted molar refractivity (Wildman–Crippen MR) is 90.3 cm³/mol. The maximum Gasteiger partial charge on any atom is 0.284 e. The number of furan rings is 1. The molecular weight excluding hydrogens is 325 g/mol. The molecule has 1 amide bonds. The standard InChI is InChI=1S/C19H16FNO4/c1-24-13-4-2-3-11(9-13)16(22)7-6-14-15-10-12(20)5-8-17(15)25-18(14)19(21)23/h2-5,8-10H,6-7H2,1H3,(H2,21,23). The number of halogens is 1. The molecule has 0 aliphatic rings. The van der Waals surface area contributed by atoms with Crippen LogP contribution in [0.4, 0.5) is 4.39 Å². The highest BCUT2D eigenvalue weighted by Crippen LogP contribution is 2.28. The van der Waals surface area contributed by atoms with Gasteiger partial charge in [0.1, 0.15) is 17.1 Å². The van der Waals surface area contributed by atoms with Gasteiger partial charge in [0.2, 0.25) is 0 Å². The number of carbonyl (C=O) groups is 2. The van der Waals surface area contributed by atoms with E-state index < -0.39 is 11.7 Å². The van der Waals surface area contributed by atoms with Crippen molar-refractivity contribution in [3.8, 4) is 5.75 Å². The summed E-state index contributed by atoms with van der Waals surface area (Å²) in [7, 11) is 1.52. The molecule has 6 heteroatoms.